The Kier molecular flexibility index (Phi) is 4.99. The van der Waals surface area contributed by atoms with Crippen molar-refractivity contribution in [1.82, 2.24) is 0 Å². The Hall–Kier alpha value is -2.08. The first-order valence-electron chi connectivity index (χ1n) is 8.77. The lowest BCUT2D eigenvalue weighted by Crippen LogP contribution is -2.46. The van der Waals surface area contributed by atoms with Gasteiger partial charge in [-0.05, 0) is 31.2 Å². The Bertz CT molecular complexity index is 670. The van der Waals surface area contributed by atoms with Crippen molar-refractivity contribution >= 4 is 11.9 Å². The second kappa shape index (κ2) is 7.04. The van der Waals surface area contributed by atoms with Crippen molar-refractivity contribution in [2.75, 3.05) is 6.79 Å². The van der Waals surface area contributed by atoms with Crippen LogP contribution in [0.5, 0.6) is 5.75 Å². The number of para-hydroxylation sites is 1. The summed E-state index contributed by atoms with van der Waals surface area (Å²) in [4.78, 5) is 24.0. The molecule has 1 heterocycles. The molecule has 1 fully saturated rings. The van der Waals surface area contributed by atoms with Gasteiger partial charge in [-0.25, -0.2) is 4.79 Å². The van der Waals surface area contributed by atoms with Crippen molar-refractivity contribution in [1.29, 1.82) is 0 Å². The topological polar surface area (TPSA) is 82.1 Å². The van der Waals surface area contributed by atoms with Crippen molar-refractivity contribution < 1.29 is 28.9 Å². The zero-order valence-corrected chi connectivity index (χ0v) is 14.6. The maximum atomic E-state index is 12.4. The number of fused-ring (bicyclic) bond motifs is 3. The number of esters is 2. The Balaban J connectivity index is 1.94. The third-order valence-corrected chi connectivity index (χ3v) is 5.20. The first kappa shape index (κ1) is 17.7. The molecule has 0 aromatic heterocycles. The quantitative estimate of drug-likeness (QED) is 0.628. The van der Waals surface area contributed by atoms with Crippen molar-refractivity contribution in [3.63, 3.8) is 0 Å². The largest absolute Gasteiger partial charge is 0.489 e. The van der Waals surface area contributed by atoms with Gasteiger partial charge in [-0.3, -0.25) is 4.79 Å². The smallest absolute Gasteiger partial charge is 0.353 e. The molecule has 3 atom stereocenters. The summed E-state index contributed by atoms with van der Waals surface area (Å²) in [7, 11) is 0. The fraction of sp³-hybridized carbons (Fsp3) is 0.579. The maximum Gasteiger partial charge on any atom is 0.353 e. The summed E-state index contributed by atoms with van der Waals surface area (Å²) in [5.74, 6) is -0.103. The molecule has 0 radical (unpaired) electrons. The molecule has 6 heteroatoms. The molecule has 0 spiro atoms. The number of ether oxygens (including phenoxy) is 3. The minimum absolute atomic E-state index is 0.157. The van der Waals surface area contributed by atoms with E-state index in [0.717, 1.165) is 30.6 Å². The van der Waals surface area contributed by atoms with Crippen molar-refractivity contribution in [3.05, 3.63) is 29.3 Å². The number of aliphatic hydroxyl groups is 1. The third-order valence-electron chi connectivity index (χ3n) is 5.20. The van der Waals surface area contributed by atoms with Crippen molar-refractivity contribution in [3.8, 4) is 5.75 Å². The molecule has 1 aromatic rings. The van der Waals surface area contributed by atoms with Gasteiger partial charge in [-0.15, -0.1) is 0 Å². The lowest BCUT2D eigenvalue weighted by Gasteiger charge is -2.30. The maximum absolute atomic E-state index is 12.4. The van der Waals surface area contributed by atoms with Gasteiger partial charge in [0.25, 0.3) is 0 Å². The van der Waals surface area contributed by atoms with E-state index in [1.54, 1.807) is 6.92 Å². The first-order valence-corrected chi connectivity index (χ1v) is 8.77. The fourth-order valence-corrected chi connectivity index (χ4v) is 4.02. The minimum Gasteiger partial charge on any atom is -0.489 e. The monoisotopic (exact) mass is 348 g/mol. The lowest BCUT2D eigenvalue weighted by molar-refractivity contribution is -0.187. The van der Waals surface area contributed by atoms with Gasteiger partial charge in [0, 0.05) is 24.8 Å². The summed E-state index contributed by atoms with van der Waals surface area (Å²) in [5.41, 5.74) is 0.526. The number of carbonyl (C=O) groups is 2. The van der Waals surface area contributed by atoms with Crippen molar-refractivity contribution in [2.24, 2.45) is 0 Å². The van der Waals surface area contributed by atoms with Crippen LogP contribution in [0.25, 0.3) is 0 Å². The highest BCUT2D eigenvalue weighted by Crippen LogP contribution is 2.49. The number of rotatable bonds is 6. The second-order valence-corrected chi connectivity index (χ2v) is 6.71. The third kappa shape index (κ3) is 3.23. The predicted molar refractivity (Wildman–Crippen MR) is 89.1 cm³/mol. The number of hydrogen-bond acceptors (Lipinski definition) is 6. The van der Waals surface area contributed by atoms with Gasteiger partial charge in [0.15, 0.2) is 6.79 Å². The average molecular weight is 348 g/mol. The number of benzene rings is 1. The molecule has 136 valence electrons. The fourth-order valence-electron chi connectivity index (χ4n) is 4.02. The summed E-state index contributed by atoms with van der Waals surface area (Å²) in [6, 6.07) is 5.91. The van der Waals surface area contributed by atoms with Crippen LogP contribution in [-0.4, -0.2) is 35.5 Å². The SMILES string of the molecule is CCC(Cc1cccc2c1O[C@@H]1CCC[C@H]21)(OC(C)=O)C(=O)OCO. The molecule has 1 aliphatic carbocycles. The summed E-state index contributed by atoms with van der Waals surface area (Å²) in [5, 5.41) is 8.95. The van der Waals surface area contributed by atoms with Crippen LogP contribution >= 0.6 is 0 Å². The van der Waals surface area contributed by atoms with Crippen LogP contribution in [0.2, 0.25) is 0 Å². The van der Waals surface area contributed by atoms with Gasteiger partial charge in [0.2, 0.25) is 5.60 Å². The summed E-state index contributed by atoms with van der Waals surface area (Å²) < 4.78 is 16.3. The number of hydrogen-bond donors (Lipinski definition) is 1. The number of carbonyl (C=O) groups excluding carboxylic acids is 2. The zero-order chi connectivity index (χ0) is 18.0. The molecule has 0 bridgehead atoms. The van der Waals surface area contributed by atoms with Crippen LogP contribution in [0, 0.1) is 0 Å². The van der Waals surface area contributed by atoms with Gasteiger partial charge in [-0.1, -0.05) is 25.1 Å². The van der Waals surface area contributed by atoms with E-state index in [1.165, 1.54) is 12.5 Å². The molecule has 6 nitrogen and oxygen atoms in total. The highest BCUT2D eigenvalue weighted by atomic mass is 16.6. The van der Waals surface area contributed by atoms with Crippen LogP contribution in [0.1, 0.15) is 56.6 Å². The molecule has 25 heavy (non-hydrogen) atoms. The van der Waals surface area contributed by atoms with E-state index in [1.807, 2.05) is 12.1 Å². The molecular formula is C19H24O6. The predicted octanol–water partition coefficient (Wildman–Crippen LogP) is 2.46. The highest BCUT2D eigenvalue weighted by Gasteiger charge is 2.45. The molecule has 3 rings (SSSR count). The molecule has 2 aliphatic rings. The van der Waals surface area contributed by atoms with E-state index < -0.39 is 24.3 Å². The zero-order valence-electron chi connectivity index (χ0n) is 14.6. The van der Waals surface area contributed by atoms with E-state index in [-0.39, 0.29) is 18.9 Å². The summed E-state index contributed by atoms with van der Waals surface area (Å²) in [6.07, 6.45) is 3.90. The van der Waals surface area contributed by atoms with Crippen LogP contribution in [-0.2, 0) is 25.5 Å². The van der Waals surface area contributed by atoms with E-state index in [2.05, 4.69) is 6.07 Å². The molecule has 1 unspecified atom stereocenters. The first-order chi connectivity index (χ1) is 12.0. The van der Waals surface area contributed by atoms with Gasteiger partial charge in [-0.2, -0.15) is 0 Å². The van der Waals surface area contributed by atoms with Crippen LogP contribution in [0.15, 0.2) is 18.2 Å². The molecule has 0 saturated heterocycles. The Morgan fingerprint density at radius 3 is 2.84 bits per heavy atom. The molecule has 1 N–H and O–H groups in total. The van der Waals surface area contributed by atoms with E-state index in [0.29, 0.717) is 5.92 Å². The Morgan fingerprint density at radius 2 is 2.16 bits per heavy atom. The second-order valence-electron chi connectivity index (χ2n) is 6.71. The van der Waals surface area contributed by atoms with Gasteiger partial charge >= 0.3 is 11.9 Å². The van der Waals surface area contributed by atoms with E-state index >= 15 is 0 Å². The van der Waals surface area contributed by atoms with E-state index in [9.17, 15) is 9.59 Å². The standard InChI is InChI=1S/C19H24O6/c1-3-19(25-12(2)21,18(22)23-11-20)10-13-6-4-8-15-14-7-5-9-16(14)24-17(13)15/h4,6,8,14,16,20H,3,5,7,9-11H2,1-2H3/t14-,16-,19?/m1/s1. The lowest BCUT2D eigenvalue weighted by atomic mass is 9.88. The van der Waals surface area contributed by atoms with Crippen LogP contribution < -0.4 is 4.74 Å². The van der Waals surface area contributed by atoms with Gasteiger partial charge in [0.05, 0.1) is 0 Å². The molecule has 0 amide bonds. The summed E-state index contributed by atoms with van der Waals surface area (Å²) in [6.45, 7) is 2.25. The van der Waals surface area contributed by atoms with Crippen molar-refractivity contribution in [2.45, 2.75) is 63.6 Å². The van der Waals surface area contributed by atoms with E-state index in [4.69, 9.17) is 19.3 Å². The Morgan fingerprint density at radius 1 is 1.36 bits per heavy atom. The Labute approximate surface area is 147 Å². The summed E-state index contributed by atoms with van der Waals surface area (Å²) >= 11 is 0. The molecular weight excluding hydrogens is 324 g/mol. The highest BCUT2D eigenvalue weighted by molar-refractivity contribution is 5.83. The van der Waals surface area contributed by atoms with Crippen LogP contribution in [0.4, 0.5) is 0 Å². The van der Waals surface area contributed by atoms with Gasteiger partial charge < -0.3 is 19.3 Å². The molecule has 1 aliphatic heterocycles. The normalized spacial score (nSPS) is 23.2. The van der Waals surface area contributed by atoms with Crippen LogP contribution in [0.3, 0.4) is 0 Å². The van der Waals surface area contributed by atoms with Gasteiger partial charge in [0.1, 0.15) is 11.9 Å². The number of aliphatic hydroxyl groups excluding tert-OH is 1. The molecule has 1 saturated carbocycles. The average Bonchev–Trinajstić information content (AvgIpc) is 3.16. The molecule has 1 aromatic carbocycles. The minimum atomic E-state index is -1.47.